The van der Waals surface area contributed by atoms with Crippen LogP contribution in [0.2, 0.25) is 0 Å². The number of methoxy groups -OCH3 is 1. The number of halogens is 2. The molecule has 0 saturated carbocycles. The molecule has 1 aromatic heterocycles. The molecule has 4 atom stereocenters. The van der Waals surface area contributed by atoms with E-state index >= 15 is 0 Å². The Labute approximate surface area is 242 Å². The number of phenols is 1. The van der Waals surface area contributed by atoms with E-state index in [0.717, 1.165) is 25.8 Å². The normalized spacial score (nSPS) is 24.6. The van der Waals surface area contributed by atoms with Crippen molar-refractivity contribution < 1.29 is 23.4 Å². The van der Waals surface area contributed by atoms with Crippen LogP contribution in [0, 0.1) is 18.2 Å². The summed E-state index contributed by atoms with van der Waals surface area (Å²) in [6, 6.07) is 6.74. The molecule has 10 nitrogen and oxygen atoms in total. The van der Waals surface area contributed by atoms with Crippen molar-refractivity contribution in [1.29, 1.82) is 0 Å². The first kappa shape index (κ1) is 28.1. The average molecular weight is 578 g/mol. The molecule has 1 amide bonds. The largest absolute Gasteiger partial charge is 0.508 e. The number of terminal acetylenes is 1. The fourth-order valence-electron chi connectivity index (χ4n) is 6.51. The molecule has 4 aliphatic heterocycles. The summed E-state index contributed by atoms with van der Waals surface area (Å²) < 4.78 is 32.1. The third-order valence-electron chi connectivity index (χ3n) is 8.39. The highest BCUT2D eigenvalue weighted by Gasteiger charge is 2.35. The van der Waals surface area contributed by atoms with Gasteiger partial charge in [-0.05, 0) is 56.2 Å². The molecule has 12 heteroatoms. The van der Waals surface area contributed by atoms with Crippen molar-refractivity contribution in [3.05, 3.63) is 41.5 Å². The summed E-state index contributed by atoms with van der Waals surface area (Å²) in [5.74, 6) is 1.10. The molecular formula is C30H33F2N7O3. The lowest BCUT2D eigenvalue weighted by molar-refractivity contribution is 0.101. The summed E-state index contributed by atoms with van der Waals surface area (Å²) in [6.07, 6.45) is 10.5. The number of hydrogen-bond donors (Lipinski definition) is 3. The van der Waals surface area contributed by atoms with Crippen molar-refractivity contribution in [2.24, 2.45) is 0 Å². The Kier molecular flexibility index (Phi) is 7.79. The van der Waals surface area contributed by atoms with E-state index in [1.54, 1.807) is 0 Å². The van der Waals surface area contributed by atoms with Gasteiger partial charge in [-0.3, -0.25) is 9.69 Å². The number of rotatable bonds is 4. The first-order chi connectivity index (χ1) is 20.3. The van der Waals surface area contributed by atoms with Gasteiger partial charge in [0.1, 0.15) is 17.7 Å². The molecule has 220 valence electrons. The van der Waals surface area contributed by atoms with Crippen LogP contribution in [0.4, 0.5) is 20.4 Å². The summed E-state index contributed by atoms with van der Waals surface area (Å²) in [4.78, 5) is 30.2. The topological polar surface area (TPSA) is 116 Å². The van der Waals surface area contributed by atoms with E-state index in [-0.39, 0.29) is 28.8 Å². The van der Waals surface area contributed by atoms with Gasteiger partial charge in [-0.15, -0.1) is 6.42 Å². The standard InChI is InChI=1S/C23H21FN6O3.C7H12FN/c1-3-16-17(24)7-4-12-8-15(31)9-18(19(12)16)26-21(32)20-27-22(29-23(28-20)33-2)30-10-13-5-6-14(11-30)25-13;8-6-4-7-2-1-3-9(7)5-6/h1,4,7-9,13-14,25,31H,5-6,10-11H2,2H3,(H,26,32);6-7H,1-5H2. The molecular weight excluding hydrogens is 544 g/mol. The number of phenolic OH excluding ortho intramolecular Hbond substituents is 1. The molecule has 2 bridgehead atoms. The van der Waals surface area contributed by atoms with E-state index in [9.17, 15) is 18.7 Å². The van der Waals surface area contributed by atoms with Crippen LogP contribution >= 0.6 is 0 Å². The van der Waals surface area contributed by atoms with Gasteiger partial charge in [-0.2, -0.15) is 15.0 Å². The lowest BCUT2D eigenvalue weighted by Crippen LogP contribution is -2.51. The quantitative estimate of drug-likeness (QED) is 0.402. The van der Waals surface area contributed by atoms with Gasteiger partial charge in [0.05, 0.1) is 18.4 Å². The zero-order valence-electron chi connectivity index (χ0n) is 23.3. The summed E-state index contributed by atoms with van der Waals surface area (Å²) in [6.45, 7) is 3.29. The fourth-order valence-corrected chi connectivity index (χ4v) is 6.51. The van der Waals surface area contributed by atoms with Crippen molar-refractivity contribution in [2.75, 3.05) is 43.5 Å². The number of fused-ring (bicyclic) bond motifs is 4. The van der Waals surface area contributed by atoms with Gasteiger partial charge in [-0.25, -0.2) is 8.78 Å². The van der Waals surface area contributed by atoms with E-state index in [2.05, 4.69) is 36.4 Å². The van der Waals surface area contributed by atoms with Gasteiger partial charge in [-0.1, -0.05) is 12.0 Å². The third kappa shape index (κ3) is 5.67. The number of hydrogen-bond acceptors (Lipinski definition) is 9. The van der Waals surface area contributed by atoms with Crippen molar-refractivity contribution in [3.63, 3.8) is 0 Å². The van der Waals surface area contributed by atoms with Crippen LogP contribution in [-0.2, 0) is 0 Å². The van der Waals surface area contributed by atoms with Gasteiger partial charge in [0.15, 0.2) is 0 Å². The van der Waals surface area contributed by atoms with Crippen molar-refractivity contribution in [3.8, 4) is 24.1 Å². The fraction of sp³-hybridized carbons (Fsp3) is 0.467. The Hall–Kier alpha value is -4.08. The molecule has 0 spiro atoms. The molecule has 0 radical (unpaired) electrons. The summed E-state index contributed by atoms with van der Waals surface area (Å²) >= 11 is 0. The molecule has 4 fully saturated rings. The van der Waals surface area contributed by atoms with Crippen molar-refractivity contribution in [2.45, 2.75) is 56.4 Å². The number of nitrogens with one attached hydrogen (secondary N) is 2. The highest BCUT2D eigenvalue weighted by molar-refractivity contribution is 6.09. The number of carbonyl (C=O) groups excluding carboxylic acids is 1. The van der Waals surface area contributed by atoms with Crippen LogP contribution in [0.1, 0.15) is 48.3 Å². The Balaban J connectivity index is 0.000000296. The van der Waals surface area contributed by atoms with Crippen molar-refractivity contribution >= 4 is 28.3 Å². The second-order valence-electron chi connectivity index (χ2n) is 11.2. The van der Waals surface area contributed by atoms with Crippen LogP contribution < -0.4 is 20.3 Å². The molecule has 42 heavy (non-hydrogen) atoms. The van der Waals surface area contributed by atoms with E-state index in [0.29, 0.717) is 54.5 Å². The van der Waals surface area contributed by atoms with Gasteiger partial charge in [0.2, 0.25) is 11.8 Å². The van der Waals surface area contributed by atoms with Gasteiger partial charge in [0, 0.05) is 49.2 Å². The zero-order chi connectivity index (χ0) is 29.4. The highest BCUT2D eigenvalue weighted by Crippen LogP contribution is 2.33. The smallest absolute Gasteiger partial charge is 0.321 e. The lowest BCUT2D eigenvalue weighted by atomic mass is 10.0. The molecule has 5 heterocycles. The Morgan fingerprint density at radius 3 is 2.67 bits per heavy atom. The number of alkyl halides is 1. The SMILES string of the molecule is C#Cc1c(F)ccc2cc(O)cc(NC(=O)c3nc(OC)nc(N4CC5CCC(C4)N5)n3)c12.FC1CC2CCCN2C1. The summed E-state index contributed by atoms with van der Waals surface area (Å²) in [5, 5.41) is 17.1. The predicted molar refractivity (Wildman–Crippen MR) is 154 cm³/mol. The van der Waals surface area contributed by atoms with Crippen LogP contribution in [-0.4, -0.2) is 88.5 Å². The second kappa shape index (κ2) is 11.7. The minimum absolute atomic E-state index is 0.00662. The monoisotopic (exact) mass is 577 g/mol. The number of ether oxygens (including phenoxy) is 1. The number of aromatic hydroxyl groups is 1. The van der Waals surface area contributed by atoms with E-state index in [1.165, 1.54) is 44.2 Å². The first-order valence-electron chi connectivity index (χ1n) is 14.2. The average Bonchev–Trinajstić information content (AvgIpc) is 3.67. The number of carbonyl (C=O) groups is 1. The number of amides is 1. The Morgan fingerprint density at radius 2 is 1.95 bits per heavy atom. The summed E-state index contributed by atoms with van der Waals surface area (Å²) in [7, 11) is 1.41. The number of benzene rings is 2. The van der Waals surface area contributed by atoms with Gasteiger partial charge < -0.3 is 25.4 Å². The Bertz CT molecular complexity index is 1520. The minimum atomic E-state index is -0.672. The van der Waals surface area contributed by atoms with Crippen LogP contribution in [0.3, 0.4) is 0 Å². The highest BCUT2D eigenvalue weighted by atomic mass is 19.1. The number of piperazine rings is 1. The predicted octanol–water partition coefficient (Wildman–Crippen LogP) is 3.24. The molecule has 0 aliphatic carbocycles. The van der Waals surface area contributed by atoms with Crippen LogP contribution in [0.25, 0.3) is 10.8 Å². The maximum atomic E-state index is 14.3. The van der Waals surface area contributed by atoms with Crippen LogP contribution in [0.5, 0.6) is 11.8 Å². The molecule has 7 rings (SSSR count). The van der Waals surface area contributed by atoms with Crippen LogP contribution in [0.15, 0.2) is 24.3 Å². The maximum Gasteiger partial charge on any atom is 0.321 e. The third-order valence-corrected chi connectivity index (χ3v) is 8.39. The molecule has 4 aliphatic rings. The first-order valence-corrected chi connectivity index (χ1v) is 14.2. The van der Waals surface area contributed by atoms with Crippen molar-refractivity contribution in [1.82, 2.24) is 25.2 Å². The van der Waals surface area contributed by atoms with E-state index < -0.39 is 17.9 Å². The van der Waals surface area contributed by atoms with E-state index in [1.807, 2.05) is 4.90 Å². The van der Waals surface area contributed by atoms with Gasteiger partial charge in [0.25, 0.3) is 5.91 Å². The number of nitrogens with zero attached hydrogens (tertiary/aromatic N) is 5. The number of aromatic nitrogens is 3. The van der Waals surface area contributed by atoms with E-state index in [4.69, 9.17) is 11.2 Å². The molecule has 2 aromatic carbocycles. The summed E-state index contributed by atoms with van der Waals surface area (Å²) in [5.41, 5.74) is 0.122. The Morgan fingerprint density at radius 1 is 1.17 bits per heavy atom. The second-order valence-corrected chi connectivity index (χ2v) is 11.2. The minimum Gasteiger partial charge on any atom is -0.508 e. The maximum absolute atomic E-state index is 14.3. The lowest BCUT2D eigenvalue weighted by Gasteiger charge is -2.32. The molecule has 3 aromatic rings. The molecule has 4 unspecified atom stereocenters. The molecule has 4 saturated heterocycles. The van der Waals surface area contributed by atoms with Gasteiger partial charge >= 0.3 is 6.01 Å². The number of anilines is 2. The molecule has 3 N–H and O–H groups in total. The zero-order valence-corrected chi connectivity index (χ0v) is 23.3.